The Bertz CT molecular complexity index is 496. The van der Waals surface area contributed by atoms with E-state index in [0.29, 0.717) is 25.1 Å². The molecule has 114 valence electrons. The molecule has 0 saturated carbocycles. The van der Waals surface area contributed by atoms with Crippen LogP contribution in [-0.4, -0.2) is 36.3 Å². The third kappa shape index (κ3) is 4.56. The highest BCUT2D eigenvalue weighted by Gasteiger charge is 2.16. The Morgan fingerprint density at radius 1 is 1.19 bits per heavy atom. The Labute approximate surface area is 125 Å². The highest BCUT2D eigenvalue weighted by atomic mass is 16.2. The number of nitrogens with zero attached hydrogens (tertiary/aromatic N) is 1. The van der Waals surface area contributed by atoms with Gasteiger partial charge in [-0.15, -0.1) is 0 Å². The van der Waals surface area contributed by atoms with Gasteiger partial charge in [0.2, 0.25) is 5.91 Å². The third-order valence-corrected chi connectivity index (χ3v) is 3.76. The fourth-order valence-corrected chi connectivity index (χ4v) is 2.53. The maximum atomic E-state index is 12.0. The van der Waals surface area contributed by atoms with Crippen molar-refractivity contribution < 1.29 is 9.59 Å². The van der Waals surface area contributed by atoms with Crippen molar-refractivity contribution in [1.82, 2.24) is 10.2 Å². The molecule has 0 aromatic heterocycles. The summed E-state index contributed by atoms with van der Waals surface area (Å²) < 4.78 is 0. The first-order valence-corrected chi connectivity index (χ1v) is 7.55. The van der Waals surface area contributed by atoms with E-state index in [4.69, 9.17) is 5.73 Å². The van der Waals surface area contributed by atoms with Gasteiger partial charge in [-0.25, -0.2) is 0 Å². The van der Waals surface area contributed by atoms with Crippen LogP contribution in [0.1, 0.15) is 41.6 Å². The zero-order chi connectivity index (χ0) is 15.1. The first kappa shape index (κ1) is 15.5. The van der Waals surface area contributed by atoms with Gasteiger partial charge < -0.3 is 16.0 Å². The van der Waals surface area contributed by atoms with Gasteiger partial charge in [0.1, 0.15) is 0 Å². The molecule has 2 rings (SSSR count). The van der Waals surface area contributed by atoms with Crippen molar-refractivity contribution >= 4 is 11.8 Å². The maximum absolute atomic E-state index is 12.0. The molecule has 1 aromatic rings. The summed E-state index contributed by atoms with van der Waals surface area (Å²) >= 11 is 0. The van der Waals surface area contributed by atoms with Crippen LogP contribution in [0.2, 0.25) is 0 Å². The predicted molar refractivity (Wildman–Crippen MR) is 81.7 cm³/mol. The lowest BCUT2D eigenvalue weighted by molar-refractivity contribution is -0.131. The van der Waals surface area contributed by atoms with Crippen molar-refractivity contribution in [2.45, 2.75) is 32.2 Å². The molecule has 1 heterocycles. The van der Waals surface area contributed by atoms with E-state index in [1.54, 1.807) is 12.1 Å². The molecule has 1 saturated heterocycles. The van der Waals surface area contributed by atoms with Gasteiger partial charge in [-0.1, -0.05) is 12.1 Å². The lowest BCUT2D eigenvalue weighted by Gasteiger charge is -2.26. The van der Waals surface area contributed by atoms with Crippen LogP contribution in [0.25, 0.3) is 0 Å². The fraction of sp³-hybridized carbons (Fsp3) is 0.500. The van der Waals surface area contributed by atoms with Crippen LogP contribution >= 0.6 is 0 Å². The van der Waals surface area contributed by atoms with E-state index in [2.05, 4.69) is 5.32 Å². The lowest BCUT2D eigenvalue weighted by atomic mass is 10.1. The Hall–Kier alpha value is -1.88. The van der Waals surface area contributed by atoms with E-state index in [1.807, 2.05) is 17.0 Å². The molecule has 1 fully saturated rings. The van der Waals surface area contributed by atoms with Gasteiger partial charge in [0.15, 0.2) is 0 Å². The monoisotopic (exact) mass is 289 g/mol. The average molecular weight is 289 g/mol. The predicted octanol–water partition coefficient (Wildman–Crippen LogP) is 1.28. The molecule has 1 aliphatic rings. The first-order valence-electron chi connectivity index (χ1n) is 7.55. The van der Waals surface area contributed by atoms with Crippen LogP contribution < -0.4 is 11.1 Å². The number of rotatable bonds is 5. The summed E-state index contributed by atoms with van der Waals surface area (Å²) in [5.41, 5.74) is 7.07. The molecule has 1 aliphatic heterocycles. The topological polar surface area (TPSA) is 75.4 Å². The van der Waals surface area contributed by atoms with Crippen LogP contribution in [0.4, 0.5) is 0 Å². The van der Waals surface area contributed by atoms with Crippen molar-refractivity contribution in [2.24, 2.45) is 5.73 Å². The summed E-state index contributed by atoms with van der Waals surface area (Å²) in [6.45, 7) is 2.49. The number of benzene rings is 1. The Morgan fingerprint density at radius 3 is 2.67 bits per heavy atom. The van der Waals surface area contributed by atoms with Gasteiger partial charge in [0, 0.05) is 38.2 Å². The van der Waals surface area contributed by atoms with Gasteiger partial charge >= 0.3 is 0 Å². The van der Waals surface area contributed by atoms with E-state index in [1.165, 1.54) is 6.42 Å². The van der Waals surface area contributed by atoms with Gasteiger partial charge in [-0.3, -0.25) is 9.59 Å². The van der Waals surface area contributed by atoms with Crippen molar-refractivity contribution in [1.29, 1.82) is 0 Å². The summed E-state index contributed by atoms with van der Waals surface area (Å²) in [5, 5.41) is 2.79. The number of hydrogen-bond acceptors (Lipinski definition) is 3. The summed E-state index contributed by atoms with van der Waals surface area (Å²) in [6.07, 6.45) is 3.74. The summed E-state index contributed by atoms with van der Waals surface area (Å²) in [6, 6.07) is 7.23. The normalized spacial score (nSPS) is 14.8. The average Bonchev–Trinajstić information content (AvgIpc) is 2.55. The zero-order valence-electron chi connectivity index (χ0n) is 12.3. The summed E-state index contributed by atoms with van der Waals surface area (Å²) in [4.78, 5) is 25.9. The minimum Gasteiger partial charge on any atom is -0.352 e. The molecule has 0 atom stereocenters. The van der Waals surface area contributed by atoms with E-state index >= 15 is 0 Å². The van der Waals surface area contributed by atoms with Crippen LogP contribution in [0, 0.1) is 0 Å². The molecule has 1 aromatic carbocycles. The second-order valence-electron chi connectivity index (χ2n) is 5.35. The molecular weight excluding hydrogens is 266 g/mol. The number of piperidine rings is 1. The smallest absolute Gasteiger partial charge is 0.251 e. The number of hydrogen-bond donors (Lipinski definition) is 2. The minimum atomic E-state index is -0.156. The fourth-order valence-electron chi connectivity index (χ4n) is 2.53. The number of likely N-dealkylation sites (tertiary alicyclic amines) is 1. The Morgan fingerprint density at radius 2 is 1.95 bits per heavy atom. The molecule has 0 radical (unpaired) electrons. The lowest BCUT2D eigenvalue weighted by Crippen LogP contribution is -2.37. The molecule has 5 heteroatoms. The third-order valence-electron chi connectivity index (χ3n) is 3.76. The van der Waals surface area contributed by atoms with Crippen molar-refractivity contribution in [3.8, 4) is 0 Å². The Balaban J connectivity index is 1.77. The number of amides is 2. The van der Waals surface area contributed by atoms with E-state index in [0.717, 1.165) is 31.5 Å². The maximum Gasteiger partial charge on any atom is 0.251 e. The van der Waals surface area contributed by atoms with Crippen LogP contribution in [0.15, 0.2) is 24.3 Å². The largest absolute Gasteiger partial charge is 0.352 e. The molecule has 3 N–H and O–H groups in total. The zero-order valence-corrected chi connectivity index (χ0v) is 12.3. The van der Waals surface area contributed by atoms with Gasteiger partial charge in [0.25, 0.3) is 5.91 Å². The van der Waals surface area contributed by atoms with Gasteiger partial charge in [-0.05, 0) is 37.0 Å². The Kier molecular flexibility index (Phi) is 5.75. The highest BCUT2D eigenvalue weighted by molar-refractivity contribution is 5.94. The molecule has 0 spiro atoms. The molecule has 0 bridgehead atoms. The van der Waals surface area contributed by atoms with E-state index < -0.39 is 0 Å². The standard InChI is InChI=1S/C16H23N3O2/c17-12-13-5-4-6-14(11-13)16(21)18-8-7-15(20)19-9-2-1-3-10-19/h4-6,11H,1-3,7-10,12,17H2,(H,18,21). The molecule has 5 nitrogen and oxygen atoms in total. The number of nitrogens with two attached hydrogens (primary N) is 1. The number of carbonyl (C=O) groups excluding carboxylic acids is 2. The number of nitrogens with one attached hydrogen (secondary N) is 1. The van der Waals surface area contributed by atoms with Crippen molar-refractivity contribution in [2.75, 3.05) is 19.6 Å². The van der Waals surface area contributed by atoms with E-state index in [9.17, 15) is 9.59 Å². The molecule has 0 unspecified atom stereocenters. The highest BCUT2D eigenvalue weighted by Crippen LogP contribution is 2.09. The van der Waals surface area contributed by atoms with Gasteiger partial charge in [-0.2, -0.15) is 0 Å². The second kappa shape index (κ2) is 7.78. The summed E-state index contributed by atoms with van der Waals surface area (Å²) in [5.74, 6) is -0.0255. The van der Waals surface area contributed by atoms with Crippen molar-refractivity contribution in [3.05, 3.63) is 35.4 Å². The quantitative estimate of drug-likeness (QED) is 0.857. The number of carbonyl (C=O) groups is 2. The molecular formula is C16H23N3O2. The molecule has 21 heavy (non-hydrogen) atoms. The van der Waals surface area contributed by atoms with Crippen LogP contribution in [0.3, 0.4) is 0 Å². The van der Waals surface area contributed by atoms with Crippen molar-refractivity contribution in [3.63, 3.8) is 0 Å². The SMILES string of the molecule is NCc1cccc(C(=O)NCCC(=O)N2CCCCC2)c1. The molecule has 2 amide bonds. The minimum absolute atomic E-state index is 0.130. The van der Waals surface area contributed by atoms with Gasteiger partial charge in [0.05, 0.1) is 0 Å². The summed E-state index contributed by atoms with van der Waals surface area (Å²) in [7, 11) is 0. The van der Waals surface area contributed by atoms with E-state index in [-0.39, 0.29) is 11.8 Å². The van der Waals surface area contributed by atoms with Crippen LogP contribution in [0.5, 0.6) is 0 Å². The van der Waals surface area contributed by atoms with Crippen LogP contribution in [-0.2, 0) is 11.3 Å². The first-order chi connectivity index (χ1) is 10.2. The second-order valence-corrected chi connectivity index (χ2v) is 5.35. The molecule has 0 aliphatic carbocycles.